The SMILES string of the molecule is CC1C=CC2=C(C=CC(C)(C)C2N(c2ccc(C(C)(C)C)cc2)c2cc(C(C)(C)C)cc3c2Bc2ccc4ccccc4c2N3c2ccc(C(C)(C)C)cc2)C1. The van der Waals surface area contributed by atoms with Gasteiger partial charge in [0, 0.05) is 39.2 Å². The molecule has 0 aromatic heterocycles. The first-order valence-corrected chi connectivity index (χ1v) is 20.9. The molecular weight excluding hydrogens is 675 g/mol. The molecule has 3 heteroatoms. The zero-order chi connectivity index (χ0) is 39.9. The summed E-state index contributed by atoms with van der Waals surface area (Å²) in [4.78, 5) is 5.34. The average molecular weight is 737 g/mol. The highest BCUT2D eigenvalue weighted by Crippen LogP contribution is 2.49. The van der Waals surface area contributed by atoms with Crippen molar-refractivity contribution in [2.45, 2.75) is 112 Å². The second kappa shape index (κ2) is 13.4. The van der Waals surface area contributed by atoms with Gasteiger partial charge in [-0.25, -0.2) is 0 Å². The lowest BCUT2D eigenvalue weighted by atomic mass is 9.58. The monoisotopic (exact) mass is 736 g/mol. The summed E-state index contributed by atoms with van der Waals surface area (Å²) in [6.45, 7) is 28.2. The van der Waals surface area contributed by atoms with E-state index in [1.807, 2.05) is 0 Å². The van der Waals surface area contributed by atoms with Gasteiger partial charge in [0.15, 0.2) is 0 Å². The van der Waals surface area contributed by atoms with E-state index in [2.05, 4.69) is 214 Å². The van der Waals surface area contributed by atoms with Crippen LogP contribution in [0.1, 0.15) is 106 Å². The van der Waals surface area contributed by atoms with Gasteiger partial charge >= 0.3 is 0 Å². The van der Waals surface area contributed by atoms with Crippen molar-refractivity contribution in [3.63, 3.8) is 0 Å². The molecule has 0 bridgehead atoms. The average Bonchev–Trinajstić information content (AvgIpc) is 3.14. The fraction of sp³-hybridized carbons (Fsp3) is 0.358. The lowest BCUT2D eigenvalue weighted by molar-refractivity contribution is 0.398. The molecular formula is C53H61BN2. The van der Waals surface area contributed by atoms with E-state index in [4.69, 9.17) is 0 Å². The van der Waals surface area contributed by atoms with E-state index in [0.717, 1.165) is 13.7 Å². The Morgan fingerprint density at radius 1 is 0.696 bits per heavy atom. The molecule has 0 spiro atoms. The number of benzene rings is 5. The van der Waals surface area contributed by atoms with Crippen molar-refractivity contribution in [1.82, 2.24) is 0 Å². The summed E-state index contributed by atoms with van der Waals surface area (Å²) in [5.41, 5.74) is 15.9. The summed E-state index contributed by atoms with van der Waals surface area (Å²) in [6.07, 6.45) is 10.9. The maximum absolute atomic E-state index is 2.74. The second-order valence-electron chi connectivity index (χ2n) is 20.6. The van der Waals surface area contributed by atoms with Crippen molar-refractivity contribution < 1.29 is 0 Å². The van der Waals surface area contributed by atoms with Crippen LogP contribution in [0.15, 0.2) is 133 Å². The highest BCUT2D eigenvalue weighted by Gasteiger charge is 2.42. The smallest absolute Gasteiger partial charge is 0.200 e. The highest BCUT2D eigenvalue weighted by atomic mass is 15.2. The predicted octanol–water partition coefficient (Wildman–Crippen LogP) is 12.9. The molecule has 0 saturated heterocycles. The first kappa shape index (κ1) is 38.1. The molecule has 286 valence electrons. The van der Waals surface area contributed by atoms with Gasteiger partial charge in [0.25, 0.3) is 0 Å². The van der Waals surface area contributed by atoms with Gasteiger partial charge in [-0.3, -0.25) is 0 Å². The van der Waals surface area contributed by atoms with Gasteiger partial charge in [-0.1, -0.05) is 174 Å². The number of hydrogen-bond acceptors (Lipinski definition) is 2. The van der Waals surface area contributed by atoms with Gasteiger partial charge in [0.2, 0.25) is 7.28 Å². The summed E-state index contributed by atoms with van der Waals surface area (Å²) in [6, 6.07) is 37.7. The third-order valence-electron chi connectivity index (χ3n) is 12.6. The van der Waals surface area contributed by atoms with E-state index in [1.165, 1.54) is 78.0 Å². The van der Waals surface area contributed by atoms with Crippen molar-refractivity contribution in [3.8, 4) is 0 Å². The minimum absolute atomic E-state index is 0.0645. The molecule has 0 N–H and O–H groups in total. The zero-order valence-electron chi connectivity index (χ0n) is 36.0. The Balaban J connectivity index is 1.45. The van der Waals surface area contributed by atoms with E-state index in [-0.39, 0.29) is 27.7 Å². The minimum Gasteiger partial charge on any atom is -0.333 e. The molecule has 5 aromatic rings. The Morgan fingerprint density at radius 3 is 1.96 bits per heavy atom. The maximum Gasteiger partial charge on any atom is 0.200 e. The topological polar surface area (TPSA) is 6.48 Å². The molecule has 0 radical (unpaired) electrons. The lowest BCUT2D eigenvalue weighted by Gasteiger charge is -2.48. The van der Waals surface area contributed by atoms with Gasteiger partial charge in [0.05, 0.1) is 6.04 Å². The molecule has 56 heavy (non-hydrogen) atoms. The Bertz CT molecular complexity index is 2400. The Kier molecular flexibility index (Phi) is 9.15. The van der Waals surface area contributed by atoms with E-state index < -0.39 is 0 Å². The van der Waals surface area contributed by atoms with Gasteiger partial charge in [0.1, 0.15) is 0 Å². The standard InChI is InChI=1S/C53H61BN2/c1-34-17-27-43-36(31-34)29-30-53(11,12)49(43)56(41-25-21-38(22-26-41)51(5,6)7)46-33-39(52(8,9)10)32-45-47(46)54-44-28-18-35-15-13-14-16-42(35)48(44)55(45)40-23-19-37(20-24-40)50(2,3)4/h13-30,32-34,49,54H,31H2,1-12H3. The summed E-state index contributed by atoms with van der Waals surface area (Å²) in [5.74, 6) is 0.529. The van der Waals surface area contributed by atoms with Crippen LogP contribution in [-0.4, -0.2) is 13.3 Å². The molecule has 8 rings (SSSR count). The molecule has 2 atom stereocenters. The molecule has 2 nitrogen and oxygen atoms in total. The number of fused-ring (bicyclic) bond motifs is 4. The molecule has 5 aromatic carbocycles. The van der Waals surface area contributed by atoms with Crippen LogP contribution in [0.25, 0.3) is 10.8 Å². The molecule has 0 amide bonds. The van der Waals surface area contributed by atoms with E-state index in [9.17, 15) is 0 Å². The number of rotatable bonds is 4. The first-order valence-electron chi connectivity index (χ1n) is 20.9. The summed E-state index contributed by atoms with van der Waals surface area (Å²) in [5, 5.41) is 2.56. The van der Waals surface area contributed by atoms with Crippen molar-refractivity contribution in [3.05, 3.63) is 149 Å². The molecule has 0 saturated carbocycles. The third kappa shape index (κ3) is 6.76. The molecule has 3 aliphatic rings. The van der Waals surface area contributed by atoms with Crippen LogP contribution >= 0.6 is 0 Å². The van der Waals surface area contributed by atoms with Crippen LogP contribution in [0.4, 0.5) is 28.4 Å². The van der Waals surface area contributed by atoms with Crippen molar-refractivity contribution >= 4 is 57.4 Å². The second-order valence-corrected chi connectivity index (χ2v) is 20.6. The normalized spacial score (nSPS) is 19.0. The lowest BCUT2D eigenvalue weighted by Crippen LogP contribution is -2.49. The fourth-order valence-electron chi connectivity index (χ4n) is 9.23. The number of anilines is 5. The number of allylic oxidation sites excluding steroid dienone is 3. The summed E-state index contributed by atoms with van der Waals surface area (Å²) in [7, 11) is 0.851. The van der Waals surface area contributed by atoms with E-state index in [0.29, 0.717) is 5.92 Å². The van der Waals surface area contributed by atoms with Crippen LogP contribution in [0, 0.1) is 11.3 Å². The summed E-state index contributed by atoms with van der Waals surface area (Å²) >= 11 is 0. The largest absolute Gasteiger partial charge is 0.333 e. The number of hydrogen-bond donors (Lipinski definition) is 0. The van der Waals surface area contributed by atoms with Crippen LogP contribution < -0.4 is 20.7 Å². The molecule has 1 aliphatic heterocycles. The predicted molar refractivity (Wildman–Crippen MR) is 246 cm³/mol. The minimum atomic E-state index is -0.137. The quantitative estimate of drug-likeness (QED) is 0.166. The van der Waals surface area contributed by atoms with Crippen molar-refractivity contribution in [2.75, 3.05) is 9.80 Å². The Labute approximate surface area is 338 Å². The van der Waals surface area contributed by atoms with Gasteiger partial charge in [-0.05, 0) is 104 Å². The van der Waals surface area contributed by atoms with Gasteiger partial charge in [-0.15, -0.1) is 0 Å². The first-order chi connectivity index (χ1) is 26.3. The molecule has 1 heterocycles. The fourth-order valence-corrected chi connectivity index (χ4v) is 9.23. The zero-order valence-corrected chi connectivity index (χ0v) is 36.0. The molecule has 0 fully saturated rings. The van der Waals surface area contributed by atoms with Crippen LogP contribution in [0.3, 0.4) is 0 Å². The Morgan fingerprint density at radius 2 is 1.32 bits per heavy atom. The Hall–Kier alpha value is -4.76. The van der Waals surface area contributed by atoms with E-state index >= 15 is 0 Å². The third-order valence-corrected chi connectivity index (χ3v) is 12.6. The van der Waals surface area contributed by atoms with Gasteiger partial charge in [-0.2, -0.15) is 0 Å². The maximum atomic E-state index is 2.74. The number of nitrogens with zero attached hydrogens (tertiary/aromatic N) is 2. The molecule has 2 aliphatic carbocycles. The van der Waals surface area contributed by atoms with Crippen molar-refractivity contribution in [1.29, 1.82) is 0 Å². The van der Waals surface area contributed by atoms with Crippen LogP contribution in [-0.2, 0) is 16.2 Å². The molecule has 2 unspecified atom stereocenters. The van der Waals surface area contributed by atoms with Crippen molar-refractivity contribution in [2.24, 2.45) is 11.3 Å². The van der Waals surface area contributed by atoms with E-state index in [1.54, 1.807) is 0 Å². The van der Waals surface area contributed by atoms with Crippen LogP contribution in [0.2, 0.25) is 0 Å². The van der Waals surface area contributed by atoms with Gasteiger partial charge < -0.3 is 9.80 Å². The highest BCUT2D eigenvalue weighted by molar-refractivity contribution is 6.74. The summed E-state index contributed by atoms with van der Waals surface area (Å²) < 4.78 is 0. The van der Waals surface area contributed by atoms with Crippen LogP contribution in [0.5, 0.6) is 0 Å².